The van der Waals surface area contributed by atoms with Crippen LogP contribution in [0.1, 0.15) is 25.7 Å². The summed E-state index contributed by atoms with van der Waals surface area (Å²) >= 11 is 0. The van der Waals surface area contributed by atoms with Gasteiger partial charge in [0.1, 0.15) is 38.8 Å². The normalized spacial score (nSPS) is 30.1. The molecule has 2 heterocycles. The number of nitrogens with one attached hydrogen (secondary N) is 3. The van der Waals surface area contributed by atoms with E-state index in [2.05, 4.69) is 5.32 Å². The number of rotatable bonds is 7. The van der Waals surface area contributed by atoms with E-state index in [1.807, 2.05) is 0 Å². The number of amides is 2. The van der Waals surface area contributed by atoms with E-state index in [-0.39, 0.29) is 18.4 Å². The van der Waals surface area contributed by atoms with Crippen LogP contribution in [0.15, 0.2) is 0 Å². The third-order valence-electron chi connectivity index (χ3n) is 5.35. The molecule has 0 bridgehead atoms. The molecule has 136 valence electrons. The van der Waals surface area contributed by atoms with Crippen molar-refractivity contribution >= 4 is 11.8 Å². The van der Waals surface area contributed by atoms with E-state index in [9.17, 15) is 9.59 Å². The molecule has 0 radical (unpaired) electrons. The van der Waals surface area contributed by atoms with Gasteiger partial charge in [-0.05, 0) is 25.7 Å². The summed E-state index contributed by atoms with van der Waals surface area (Å²) in [6.45, 7) is 6.97. The van der Waals surface area contributed by atoms with Crippen molar-refractivity contribution in [1.29, 1.82) is 0 Å². The smallest absolute Gasteiger partial charge is 0.277 e. The van der Waals surface area contributed by atoms with Gasteiger partial charge in [0.2, 0.25) is 5.91 Å². The molecule has 2 aliphatic heterocycles. The number of piperazine rings is 1. The maximum absolute atomic E-state index is 12.3. The highest BCUT2D eigenvalue weighted by Crippen LogP contribution is 2.18. The van der Waals surface area contributed by atoms with E-state index in [1.54, 1.807) is 16.8 Å². The fourth-order valence-electron chi connectivity index (χ4n) is 3.62. The lowest BCUT2D eigenvalue weighted by Crippen LogP contribution is -3.28. The van der Waals surface area contributed by atoms with E-state index in [4.69, 9.17) is 4.74 Å². The monoisotopic (exact) mass is 340 g/mol. The van der Waals surface area contributed by atoms with Gasteiger partial charge in [0, 0.05) is 19.7 Å². The molecule has 1 aliphatic carbocycles. The molecule has 0 aromatic rings. The van der Waals surface area contributed by atoms with Crippen molar-refractivity contribution in [2.45, 2.75) is 37.8 Å². The topological polar surface area (TPSA) is 67.5 Å². The van der Waals surface area contributed by atoms with Gasteiger partial charge in [-0.1, -0.05) is 0 Å². The Labute approximate surface area is 144 Å². The molecule has 2 saturated heterocycles. The Kier molecular flexibility index (Phi) is 6.08. The van der Waals surface area contributed by atoms with Crippen molar-refractivity contribution in [3.63, 3.8) is 0 Å². The molecule has 0 aromatic heterocycles. The number of carbonyl (C=O) groups excluding carboxylic acids is 2. The van der Waals surface area contributed by atoms with E-state index in [0.717, 1.165) is 52.2 Å². The molecule has 3 fully saturated rings. The number of ether oxygens (including phenoxy) is 1. The number of hydrogen-bond donors (Lipinski definition) is 3. The minimum Gasteiger partial charge on any atom is -0.372 e. The van der Waals surface area contributed by atoms with Gasteiger partial charge in [0.05, 0.1) is 6.54 Å². The molecule has 3 N–H and O–H groups in total. The Morgan fingerprint density at radius 2 is 1.83 bits per heavy atom. The van der Waals surface area contributed by atoms with E-state index in [0.29, 0.717) is 18.7 Å². The quantitative estimate of drug-likeness (QED) is 0.455. The van der Waals surface area contributed by atoms with Crippen LogP contribution in [-0.2, 0) is 14.3 Å². The Morgan fingerprint density at radius 1 is 1.12 bits per heavy atom. The fourth-order valence-corrected chi connectivity index (χ4v) is 3.62. The Morgan fingerprint density at radius 3 is 2.46 bits per heavy atom. The van der Waals surface area contributed by atoms with Crippen molar-refractivity contribution in [3.05, 3.63) is 0 Å². The van der Waals surface area contributed by atoms with Crippen LogP contribution in [0, 0.1) is 0 Å². The summed E-state index contributed by atoms with van der Waals surface area (Å²) in [6, 6.07) is 0.353. The lowest BCUT2D eigenvalue weighted by atomic mass is 10.2. The maximum Gasteiger partial charge on any atom is 0.277 e. The zero-order valence-electron chi connectivity index (χ0n) is 14.8. The van der Waals surface area contributed by atoms with Crippen molar-refractivity contribution in [2.24, 2.45) is 0 Å². The third kappa shape index (κ3) is 5.43. The Balaban J connectivity index is 1.32. The fraction of sp³-hybridized carbons (Fsp3) is 0.882. The first-order valence-electron chi connectivity index (χ1n) is 9.42. The van der Waals surface area contributed by atoms with Crippen molar-refractivity contribution in [2.75, 3.05) is 59.5 Å². The van der Waals surface area contributed by atoms with Crippen LogP contribution in [0.25, 0.3) is 0 Å². The second kappa shape index (κ2) is 8.27. The summed E-state index contributed by atoms with van der Waals surface area (Å²) in [6.07, 6.45) is 4.99. The standard InChI is InChI=1S/C17H30N4O3/c1-19(12-16(22)18-14-4-5-14)17(23)13-21-8-6-20(7-9-21)11-15-3-2-10-24-15/h14-15H,2-13H2,1H3,(H,18,22)/p+2/t15-/m0/s1. The molecule has 7 heteroatoms. The van der Waals surface area contributed by atoms with Gasteiger partial charge in [0.15, 0.2) is 6.54 Å². The molecule has 2 amide bonds. The first kappa shape index (κ1) is 17.6. The van der Waals surface area contributed by atoms with E-state index in [1.165, 1.54) is 17.7 Å². The van der Waals surface area contributed by atoms with Gasteiger partial charge in [-0.25, -0.2) is 0 Å². The van der Waals surface area contributed by atoms with Crippen LogP contribution < -0.4 is 15.1 Å². The molecule has 3 aliphatic rings. The second-order valence-electron chi connectivity index (χ2n) is 7.61. The summed E-state index contributed by atoms with van der Waals surface area (Å²) in [5.74, 6) is 0.0349. The minimum atomic E-state index is -0.0332. The zero-order valence-corrected chi connectivity index (χ0v) is 14.8. The highest BCUT2D eigenvalue weighted by molar-refractivity contribution is 5.85. The molecule has 0 aromatic carbocycles. The summed E-state index contributed by atoms with van der Waals surface area (Å²) < 4.78 is 5.72. The van der Waals surface area contributed by atoms with Gasteiger partial charge >= 0.3 is 0 Å². The SMILES string of the molecule is CN(CC(=O)NC1CC1)C(=O)C[NH+]1CC[NH+](C[C@@H]2CCCO2)CC1. The molecule has 3 rings (SSSR count). The van der Waals surface area contributed by atoms with Gasteiger partial charge < -0.3 is 24.8 Å². The van der Waals surface area contributed by atoms with Crippen molar-refractivity contribution < 1.29 is 24.1 Å². The van der Waals surface area contributed by atoms with Gasteiger partial charge in [-0.15, -0.1) is 0 Å². The maximum atomic E-state index is 12.3. The average Bonchev–Trinajstić information content (AvgIpc) is 3.21. The molecule has 0 unspecified atom stereocenters. The highest BCUT2D eigenvalue weighted by Gasteiger charge is 2.30. The van der Waals surface area contributed by atoms with Crippen LogP contribution in [0.3, 0.4) is 0 Å². The van der Waals surface area contributed by atoms with Crippen LogP contribution in [-0.4, -0.2) is 88.3 Å². The first-order valence-corrected chi connectivity index (χ1v) is 9.42. The Hall–Kier alpha value is -1.18. The van der Waals surface area contributed by atoms with Crippen LogP contribution in [0.4, 0.5) is 0 Å². The van der Waals surface area contributed by atoms with Crippen LogP contribution in [0.2, 0.25) is 0 Å². The highest BCUT2D eigenvalue weighted by atomic mass is 16.5. The molecule has 0 spiro atoms. The molecule has 24 heavy (non-hydrogen) atoms. The third-order valence-corrected chi connectivity index (χ3v) is 5.35. The van der Waals surface area contributed by atoms with Crippen LogP contribution >= 0.6 is 0 Å². The van der Waals surface area contributed by atoms with Crippen molar-refractivity contribution in [3.8, 4) is 0 Å². The first-order chi connectivity index (χ1) is 11.6. The van der Waals surface area contributed by atoms with Crippen LogP contribution in [0.5, 0.6) is 0 Å². The molecule has 1 atom stereocenters. The number of quaternary nitrogens is 2. The van der Waals surface area contributed by atoms with Gasteiger partial charge in [-0.3, -0.25) is 9.59 Å². The second-order valence-corrected chi connectivity index (χ2v) is 7.61. The van der Waals surface area contributed by atoms with Gasteiger partial charge in [-0.2, -0.15) is 0 Å². The predicted octanol–water partition coefficient (Wildman–Crippen LogP) is -3.31. The lowest BCUT2D eigenvalue weighted by molar-refractivity contribution is -1.01. The summed E-state index contributed by atoms with van der Waals surface area (Å²) in [4.78, 5) is 28.6. The largest absolute Gasteiger partial charge is 0.372 e. The Bertz CT molecular complexity index is 441. The molecular weight excluding hydrogens is 308 g/mol. The molecular formula is C17H32N4O3+2. The van der Waals surface area contributed by atoms with Crippen molar-refractivity contribution in [1.82, 2.24) is 10.2 Å². The number of hydrogen-bond acceptors (Lipinski definition) is 3. The zero-order chi connectivity index (χ0) is 16.9. The predicted molar refractivity (Wildman–Crippen MR) is 88.9 cm³/mol. The van der Waals surface area contributed by atoms with E-state index < -0.39 is 0 Å². The van der Waals surface area contributed by atoms with E-state index >= 15 is 0 Å². The average molecular weight is 340 g/mol. The summed E-state index contributed by atoms with van der Waals surface area (Å²) in [5.41, 5.74) is 0. The summed E-state index contributed by atoms with van der Waals surface area (Å²) in [7, 11) is 1.73. The van der Waals surface area contributed by atoms with Gasteiger partial charge in [0.25, 0.3) is 5.91 Å². The summed E-state index contributed by atoms with van der Waals surface area (Å²) in [5, 5.41) is 2.93. The number of nitrogens with zero attached hydrogens (tertiary/aromatic N) is 1. The number of carbonyl (C=O) groups is 2. The minimum absolute atomic E-state index is 0.0332. The molecule has 1 saturated carbocycles. The number of likely N-dealkylation sites (N-methyl/N-ethyl adjacent to an activating group) is 1. The lowest BCUT2D eigenvalue weighted by Gasteiger charge is -2.31. The molecule has 7 nitrogen and oxygen atoms in total.